The van der Waals surface area contributed by atoms with Crippen LogP contribution in [-0.2, 0) is 19.6 Å². The zero-order chi connectivity index (χ0) is 23.2. The molecule has 2 aromatic carbocycles. The lowest BCUT2D eigenvalue weighted by atomic mass is 10.2. The van der Waals surface area contributed by atoms with Crippen LogP contribution in [0.4, 0.5) is 8.78 Å². The molecule has 0 spiro atoms. The van der Waals surface area contributed by atoms with Gasteiger partial charge in [0.05, 0.1) is 18.0 Å². The van der Waals surface area contributed by atoms with E-state index in [2.05, 4.69) is 5.32 Å². The number of hydrazine groups is 1. The molecule has 0 aliphatic heterocycles. The molecule has 0 aliphatic carbocycles. The van der Waals surface area contributed by atoms with Gasteiger partial charge in [0.15, 0.2) is 0 Å². The molecule has 166 valence electrons. The topological polar surface area (TPSA) is 125 Å². The van der Waals surface area contributed by atoms with E-state index in [9.17, 15) is 31.6 Å². The predicted molar refractivity (Wildman–Crippen MR) is 106 cm³/mol. The average molecular weight is 454 g/mol. The number of hydrogen-bond donors (Lipinski definition) is 3. The SMILES string of the molecule is Cc1ccc(S(=O)(=O)N(C)CC(=O)NNC(=O)CNC(=O)c2cc(F)cc(F)c2)cc1. The standard InChI is InChI=1S/C19H20F2N4O5S/c1-12-3-5-16(6-4-12)31(29,30)25(2)11-18(27)24-23-17(26)10-22-19(28)13-7-14(20)9-15(21)8-13/h3-9H,10-11H2,1-2H3,(H,22,28)(H,23,26)(H,24,27). The number of carbonyl (C=O) groups is 3. The molecule has 0 atom stereocenters. The molecule has 9 nitrogen and oxygen atoms in total. The quantitative estimate of drug-likeness (QED) is 0.525. The van der Waals surface area contributed by atoms with Crippen molar-refractivity contribution in [2.24, 2.45) is 0 Å². The van der Waals surface area contributed by atoms with Gasteiger partial charge in [0, 0.05) is 18.7 Å². The van der Waals surface area contributed by atoms with Crippen LogP contribution in [0.25, 0.3) is 0 Å². The summed E-state index contributed by atoms with van der Waals surface area (Å²) >= 11 is 0. The monoisotopic (exact) mass is 454 g/mol. The van der Waals surface area contributed by atoms with Crippen molar-refractivity contribution < 1.29 is 31.6 Å². The van der Waals surface area contributed by atoms with Gasteiger partial charge in [-0.1, -0.05) is 17.7 Å². The van der Waals surface area contributed by atoms with E-state index in [-0.39, 0.29) is 10.5 Å². The second-order valence-corrected chi connectivity index (χ2v) is 8.56. The smallest absolute Gasteiger partial charge is 0.257 e. The van der Waals surface area contributed by atoms with Crippen molar-refractivity contribution in [3.63, 3.8) is 0 Å². The van der Waals surface area contributed by atoms with Gasteiger partial charge in [-0.15, -0.1) is 0 Å². The molecule has 0 unspecified atom stereocenters. The van der Waals surface area contributed by atoms with Crippen LogP contribution in [0.1, 0.15) is 15.9 Å². The van der Waals surface area contributed by atoms with Crippen LogP contribution in [0.3, 0.4) is 0 Å². The van der Waals surface area contributed by atoms with Crippen LogP contribution in [0.2, 0.25) is 0 Å². The molecular weight excluding hydrogens is 434 g/mol. The van der Waals surface area contributed by atoms with E-state index >= 15 is 0 Å². The molecule has 0 radical (unpaired) electrons. The van der Waals surface area contributed by atoms with Gasteiger partial charge in [-0.2, -0.15) is 4.31 Å². The van der Waals surface area contributed by atoms with E-state index in [0.717, 1.165) is 22.0 Å². The van der Waals surface area contributed by atoms with E-state index in [0.29, 0.717) is 6.07 Å². The average Bonchev–Trinajstić information content (AvgIpc) is 2.70. The zero-order valence-electron chi connectivity index (χ0n) is 16.6. The first-order valence-electron chi connectivity index (χ1n) is 8.84. The Morgan fingerprint density at radius 2 is 1.48 bits per heavy atom. The van der Waals surface area contributed by atoms with Crippen molar-refractivity contribution in [1.29, 1.82) is 0 Å². The summed E-state index contributed by atoms with van der Waals surface area (Å²) in [5.41, 5.74) is 4.56. The van der Waals surface area contributed by atoms with Gasteiger partial charge in [0.2, 0.25) is 10.0 Å². The third kappa shape index (κ3) is 6.83. The molecule has 0 saturated carbocycles. The van der Waals surface area contributed by atoms with E-state index in [1.165, 1.54) is 19.2 Å². The maximum Gasteiger partial charge on any atom is 0.257 e. The molecule has 0 heterocycles. The van der Waals surface area contributed by atoms with Crippen molar-refractivity contribution in [3.05, 3.63) is 65.2 Å². The fourth-order valence-electron chi connectivity index (χ4n) is 2.35. The number of carbonyl (C=O) groups excluding carboxylic acids is 3. The maximum atomic E-state index is 13.1. The lowest BCUT2D eigenvalue weighted by Gasteiger charge is -2.17. The molecule has 12 heteroatoms. The minimum absolute atomic E-state index is 0.00827. The number of nitrogens with one attached hydrogen (secondary N) is 3. The number of halogens is 2. The Kier molecular flexibility index (Phi) is 7.78. The van der Waals surface area contributed by atoms with Crippen molar-refractivity contribution in [2.75, 3.05) is 20.1 Å². The summed E-state index contributed by atoms with van der Waals surface area (Å²) in [4.78, 5) is 35.5. The summed E-state index contributed by atoms with van der Waals surface area (Å²) in [6.45, 7) is 0.620. The first-order chi connectivity index (χ1) is 14.5. The van der Waals surface area contributed by atoms with Gasteiger partial charge in [-0.3, -0.25) is 25.2 Å². The lowest BCUT2D eigenvalue weighted by Crippen LogP contribution is -2.49. The van der Waals surface area contributed by atoms with Crippen molar-refractivity contribution in [2.45, 2.75) is 11.8 Å². The second-order valence-electron chi connectivity index (χ2n) is 6.51. The van der Waals surface area contributed by atoms with Gasteiger partial charge < -0.3 is 5.32 Å². The van der Waals surface area contributed by atoms with E-state index in [1.807, 2.05) is 10.9 Å². The van der Waals surface area contributed by atoms with E-state index in [4.69, 9.17) is 0 Å². The van der Waals surface area contributed by atoms with Crippen LogP contribution in [0.5, 0.6) is 0 Å². The lowest BCUT2D eigenvalue weighted by molar-refractivity contribution is -0.128. The van der Waals surface area contributed by atoms with Crippen LogP contribution in [0.15, 0.2) is 47.4 Å². The summed E-state index contributed by atoms with van der Waals surface area (Å²) in [6.07, 6.45) is 0. The molecule has 0 fully saturated rings. The molecule has 0 aliphatic rings. The molecule has 3 amide bonds. The summed E-state index contributed by atoms with van der Waals surface area (Å²) in [5.74, 6) is -4.48. The Hall–Kier alpha value is -3.38. The normalized spacial score (nSPS) is 11.1. The van der Waals surface area contributed by atoms with Crippen molar-refractivity contribution in [3.8, 4) is 0 Å². The number of nitrogens with zero attached hydrogens (tertiary/aromatic N) is 1. The molecule has 2 aromatic rings. The summed E-state index contributed by atoms with van der Waals surface area (Å²) in [7, 11) is -2.70. The zero-order valence-corrected chi connectivity index (χ0v) is 17.4. The molecule has 2 rings (SSSR count). The van der Waals surface area contributed by atoms with Gasteiger partial charge in [0.1, 0.15) is 11.6 Å². The summed E-state index contributed by atoms with van der Waals surface area (Å²) < 4.78 is 51.9. The largest absolute Gasteiger partial charge is 0.343 e. The van der Waals surface area contributed by atoms with Crippen molar-refractivity contribution >= 4 is 27.7 Å². The molecule has 3 N–H and O–H groups in total. The van der Waals surface area contributed by atoms with Gasteiger partial charge in [0.25, 0.3) is 17.7 Å². The summed E-state index contributed by atoms with van der Waals surface area (Å²) in [6, 6.07) is 8.24. The third-order valence-electron chi connectivity index (χ3n) is 3.97. The van der Waals surface area contributed by atoms with Crippen LogP contribution < -0.4 is 16.2 Å². The third-order valence-corrected chi connectivity index (χ3v) is 5.79. The Morgan fingerprint density at radius 3 is 2.06 bits per heavy atom. The number of hydrogen-bond acceptors (Lipinski definition) is 5. The van der Waals surface area contributed by atoms with E-state index < -0.39 is 52.5 Å². The highest BCUT2D eigenvalue weighted by atomic mass is 32.2. The Morgan fingerprint density at radius 1 is 0.935 bits per heavy atom. The van der Waals surface area contributed by atoms with Crippen LogP contribution in [-0.4, -0.2) is 50.6 Å². The second kappa shape index (κ2) is 10.1. The van der Waals surface area contributed by atoms with Crippen LogP contribution in [0, 0.1) is 18.6 Å². The van der Waals surface area contributed by atoms with Gasteiger partial charge in [-0.25, -0.2) is 17.2 Å². The molecule has 0 aromatic heterocycles. The number of benzene rings is 2. The first-order valence-corrected chi connectivity index (χ1v) is 10.3. The predicted octanol–water partition coefficient (Wildman–Crippen LogP) is 0.471. The highest BCUT2D eigenvalue weighted by molar-refractivity contribution is 7.89. The minimum atomic E-state index is -3.91. The Balaban J connectivity index is 1.81. The highest BCUT2D eigenvalue weighted by Gasteiger charge is 2.23. The maximum absolute atomic E-state index is 13.1. The highest BCUT2D eigenvalue weighted by Crippen LogP contribution is 2.14. The Bertz CT molecular complexity index is 1070. The number of aryl methyl sites for hydroxylation is 1. The first kappa shape index (κ1) is 23.9. The van der Waals surface area contributed by atoms with Gasteiger partial charge >= 0.3 is 0 Å². The number of amides is 3. The number of sulfonamides is 1. The number of rotatable bonds is 7. The van der Waals surface area contributed by atoms with Crippen LogP contribution >= 0.6 is 0 Å². The van der Waals surface area contributed by atoms with Crippen molar-refractivity contribution in [1.82, 2.24) is 20.5 Å². The molecule has 31 heavy (non-hydrogen) atoms. The minimum Gasteiger partial charge on any atom is -0.343 e. The fraction of sp³-hybridized carbons (Fsp3) is 0.211. The fourth-order valence-corrected chi connectivity index (χ4v) is 3.48. The van der Waals surface area contributed by atoms with E-state index in [1.54, 1.807) is 19.1 Å². The van der Waals surface area contributed by atoms with Gasteiger partial charge in [-0.05, 0) is 31.2 Å². The Labute approximate surface area is 177 Å². The summed E-state index contributed by atoms with van der Waals surface area (Å²) in [5, 5.41) is 2.13. The molecule has 0 bridgehead atoms. The molecular formula is C19H20F2N4O5S. The number of likely N-dealkylation sites (N-methyl/N-ethyl adjacent to an activating group) is 1. The molecule has 0 saturated heterocycles.